The van der Waals surface area contributed by atoms with Gasteiger partial charge in [-0.3, -0.25) is 9.89 Å². The van der Waals surface area contributed by atoms with Crippen molar-refractivity contribution < 1.29 is 23.4 Å². The number of thiocarbonyl (C=S) groups is 1. The van der Waals surface area contributed by atoms with Crippen LogP contribution in [0.15, 0.2) is 65.9 Å². The highest BCUT2D eigenvalue weighted by Crippen LogP contribution is 2.42. The number of halogens is 5. The second-order valence-electron chi connectivity index (χ2n) is 8.19. The molecule has 1 atom stereocenters. The molecule has 0 radical (unpaired) electrons. The molecule has 4 N–H and O–H groups in total. The average molecular weight is 566 g/mol. The first kappa shape index (κ1) is 25.3. The number of amidine groups is 1. The molecule has 7 nitrogen and oxygen atoms in total. The minimum Gasteiger partial charge on any atom is -0.505 e. The minimum absolute atomic E-state index is 0.0246. The first-order valence-electron chi connectivity index (χ1n) is 10.6. The van der Waals surface area contributed by atoms with Crippen LogP contribution in [0.1, 0.15) is 16.7 Å². The van der Waals surface area contributed by atoms with Crippen LogP contribution in [-0.2, 0) is 18.4 Å². The number of aliphatic imine (C=N–C) groups is 1. The molecular weight excluding hydrogens is 550 g/mol. The van der Waals surface area contributed by atoms with E-state index < -0.39 is 17.5 Å². The summed E-state index contributed by atoms with van der Waals surface area (Å²) in [6, 6.07) is 12.3. The Morgan fingerprint density at radius 2 is 1.73 bits per heavy atom. The van der Waals surface area contributed by atoms with Crippen molar-refractivity contribution in [2.75, 3.05) is 4.90 Å². The molecule has 2 heterocycles. The summed E-state index contributed by atoms with van der Waals surface area (Å²) in [5.41, 5.74) is -0.389. The highest BCUT2D eigenvalue weighted by molar-refractivity contribution is 7.80. The predicted octanol–water partition coefficient (Wildman–Crippen LogP) is 5.73. The summed E-state index contributed by atoms with van der Waals surface area (Å²) in [6.45, 7) is -0.0530. The van der Waals surface area contributed by atoms with Crippen molar-refractivity contribution in [3.8, 4) is 5.75 Å². The van der Waals surface area contributed by atoms with Crippen molar-refractivity contribution in [3.05, 3.63) is 87.7 Å². The van der Waals surface area contributed by atoms with Gasteiger partial charge in [0, 0.05) is 5.56 Å². The highest BCUT2D eigenvalue weighted by Gasteiger charge is 2.50. The lowest BCUT2D eigenvalue weighted by Gasteiger charge is -2.33. The molecule has 1 unspecified atom stereocenters. The van der Waals surface area contributed by atoms with Crippen molar-refractivity contribution in [2.45, 2.75) is 18.4 Å². The number of H-pyrrole nitrogens is 1. The number of aliphatic hydroxyl groups is 1. The van der Waals surface area contributed by atoms with Gasteiger partial charge in [-0.2, -0.15) is 13.2 Å². The largest absolute Gasteiger partial charge is 0.505 e. The van der Waals surface area contributed by atoms with Gasteiger partial charge in [0.05, 0.1) is 45.2 Å². The molecule has 1 aliphatic heterocycles. The zero-order valence-corrected chi connectivity index (χ0v) is 20.8. The molecule has 13 heteroatoms. The molecular formula is C24H16Cl2F3N5O2S. The fraction of sp³-hybridized carbons (Fsp3) is 0.125. The molecule has 1 fully saturated rings. The third-order valence-corrected chi connectivity index (χ3v) is 6.73. The number of hydrogen-bond acceptors (Lipinski definition) is 5. The zero-order valence-electron chi connectivity index (χ0n) is 18.5. The van der Waals surface area contributed by atoms with Gasteiger partial charge < -0.3 is 20.5 Å². The van der Waals surface area contributed by atoms with E-state index in [0.717, 1.165) is 12.1 Å². The molecule has 37 heavy (non-hydrogen) atoms. The molecule has 1 aliphatic rings. The Labute approximate surface area is 223 Å². The summed E-state index contributed by atoms with van der Waals surface area (Å²) in [5, 5.41) is 25.0. The number of aromatic amines is 1. The van der Waals surface area contributed by atoms with E-state index in [4.69, 9.17) is 35.4 Å². The van der Waals surface area contributed by atoms with Gasteiger partial charge in [-0.05, 0) is 54.2 Å². The topological polar surface area (TPSA) is 96.8 Å². The molecule has 4 aromatic rings. The van der Waals surface area contributed by atoms with Crippen LogP contribution in [-0.4, -0.2) is 31.1 Å². The van der Waals surface area contributed by atoms with Crippen molar-refractivity contribution in [1.82, 2.24) is 15.3 Å². The number of fused-ring (bicyclic) bond motifs is 1. The third-order valence-electron chi connectivity index (χ3n) is 5.87. The van der Waals surface area contributed by atoms with Crippen LogP contribution in [0.3, 0.4) is 0 Å². The van der Waals surface area contributed by atoms with E-state index in [1.54, 1.807) is 18.2 Å². The number of phenolic OH excluding ortho intramolecular Hbond substituents is 1. The van der Waals surface area contributed by atoms with Crippen LogP contribution in [0.2, 0.25) is 10.0 Å². The summed E-state index contributed by atoms with van der Waals surface area (Å²) in [7, 11) is 0. The summed E-state index contributed by atoms with van der Waals surface area (Å²) in [5.74, 6) is -0.305. The number of nitrogens with zero attached hydrogens (tertiary/aromatic N) is 3. The summed E-state index contributed by atoms with van der Waals surface area (Å²) >= 11 is 17.8. The lowest BCUT2D eigenvalue weighted by Crippen LogP contribution is -2.47. The molecule has 1 saturated heterocycles. The number of aromatic hydroxyl groups is 1. The lowest BCUT2D eigenvalue weighted by molar-refractivity contribution is -0.137. The highest BCUT2D eigenvalue weighted by atomic mass is 35.5. The fourth-order valence-corrected chi connectivity index (χ4v) is 4.83. The third kappa shape index (κ3) is 4.48. The maximum absolute atomic E-state index is 12.9. The average Bonchev–Trinajstić information content (AvgIpc) is 3.42. The van der Waals surface area contributed by atoms with Gasteiger partial charge >= 0.3 is 6.18 Å². The molecule has 0 aliphatic carbocycles. The molecule has 0 spiro atoms. The number of phenols is 1. The number of benzene rings is 3. The Bertz CT molecular complexity index is 1540. The molecule has 5 rings (SSSR count). The van der Waals surface area contributed by atoms with Gasteiger partial charge in [-0.15, -0.1) is 0 Å². The Morgan fingerprint density at radius 3 is 2.38 bits per heavy atom. The summed E-state index contributed by atoms with van der Waals surface area (Å²) in [4.78, 5) is 13.0. The first-order valence-corrected chi connectivity index (χ1v) is 11.8. The number of imidazole rings is 1. The van der Waals surface area contributed by atoms with E-state index in [0.29, 0.717) is 22.2 Å². The van der Waals surface area contributed by atoms with E-state index in [9.17, 15) is 23.4 Å². The number of nitrogens with one attached hydrogen (secondary N) is 2. The predicted molar refractivity (Wildman–Crippen MR) is 139 cm³/mol. The van der Waals surface area contributed by atoms with Crippen LogP contribution in [0.25, 0.3) is 11.0 Å². The van der Waals surface area contributed by atoms with Gasteiger partial charge in [0.15, 0.2) is 16.7 Å². The Hall–Kier alpha value is -3.38. The summed E-state index contributed by atoms with van der Waals surface area (Å²) < 4.78 is 38.8. The van der Waals surface area contributed by atoms with Crippen LogP contribution >= 0.6 is 35.4 Å². The number of hydrogen-bond donors (Lipinski definition) is 4. The van der Waals surface area contributed by atoms with Crippen molar-refractivity contribution in [1.29, 1.82) is 0 Å². The second-order valence-corrected chi connectivity index (χ2v) is 9.39. The van der Waals surface area contributed by atoms with Gasteiger partial charge in [0.1, 0.15) is 0 Å². The Morgan fingerprint density at radius 1 is 1.05 bits per heavy atom. The van der Waals surface area contributed by atoms with Crippen molar-refractivity contribution in [3.63, 3.8) is 0 Å². The van der Waals surface area contributed by atoms with E-state index in [1.807, 2.05) is 0 Å². The van der Waals surface area contributed by atoms with Gasteiger partial charge in [0.2, 0.25) is 5.72 Å². The van der Waals surface area contributed by atoms with E-state index in [2.05, 4.69) is 20.3 Å². The quantitative estimate of drug-likeness (QED) is 0.236. The Balaban J connectivity index is 1.61. The lowest BCUT2D eigenvalue weighted by atomic mass is 9.99. The maximum atomic E-state index is 12.9. The van der Waals surface area contributed by atoms with Crippen molar-refractivity contribution >= 4 is 63.1 Å². The zero-order chi connectivity index (χ0) is 26.5. The number of alkyl halides is 3. The SMILES string of the molecule is Oc1c(Cl)cc(N2C(=S)NC(=NCc3ccc(C(F)(F)F)cc3)C2(O)c2ccc3nc[nH]c3c2)cc1Cl. The second kappa shape index (κ2) is 9.18. The molecule has 0 saturated carbocycles. The molecule has 0 amide bonds. The maximum Gasteiger partial charge on any atom is 0.416 e. The molecule has 0 bridgehead atoms. The van der Waals surface area contributed by atoms with Crippen LogP contribution in [0, 0.1) is 0 Å². The van der Waals surface area contributed by atoms with E-state index in [-0.39, 0.29) is 39.0 Å². The smallest absolute Gasteiger partial charge is 0.416 e. The van der Waals surface area contributed by atoms with Crippen LogP contribution in [0.5, 0.6) is 5.75 Å². The first-order chi connectivity index (χ1) is 17.5. The normalized spacial score (nSPS) is 19.1. The molecule has 3 aromatic carbocycles. The number of aromatic nitrogens is 2. The number of anilines is 1. The van der Waals surface area contributed by atoms with Crippen molar-refractivity contribution in [2.24, 2.45) is 4.99 Å². The van der Waals surface area contributed by atoms with Gasteiger partial charge in [0.25, 0.3) is 0 Å². The standard InChI is InChI=1S/C24H16Cl2F3N5O2S/c25-16-8-15(9-17(26)20(16)35)34-22(37)33-21(30-10-12-1-3-13(4-2-12)24(27,28)29)23(34,36)14-5-6-18-19(7-14)32-11-31-18/h1-9,11,35-36H,10H2,(H,31,32)(H,30,33,37). The monoisotopic (exact) mass is 565 g/mol. The fourth-order valence-electron chi connectivity index (χ4n) is 4.02. The summed E-state index contributed by atoms with van der Waals surface area (Å²) in [6.07, 6.45) is -2.95. The van der Waals surface area contributed by atoms with E-state index in [1.165, 1.54) is 35.5 Å². The van der Waals surface area contributed by atoms with Gasteiger partial charge in [-0.25, -0.2) is 4.98 Å². The molecule has 190 valence electrons. The minimum atomic E-state index is -4.46. The number of rotatable bonds is 4. The molecule has 1 aromatic heterocycles. The Kier molecular flexibility index (Phi) is 6.27. The van der Waals surface area contributed by atoms with E-state index >= 15 is 0 Å². The van der Waals surface area contributed by atoms with Gasteiger partial charge in [-0.1, -0.05) is 41.4 Å². The van der Waals surface area contributed by atoms with Crippen LogP contribution < -0.4 is 10.2 Å². The van der Waals surface area contributed by atoms with Crippen LogP contribution in [0.4, 0.5) is 18.9 Å².